The van der Waals surface area contributed by atoms with Crippen LogP contribution in [-0.2, 0) is 0 Å². The summed E-state index contributed by atoms with van der Waals surface area (Å²) in [5, 5.41) is 9.60. The third kappa shape index (κ3) is 1.70. The fraction of sp³-hybridized carbons (Fsp3) is 0. The Bertz CT molecular complexity index is 872. The van der Waals surface area contributed by atoms with Crippen LogP contribution >= 0.6 is 11.6 Å². The lowest BCUT2D eigenvalue weighted by molar-refractivity contribution is 1.08. The van der Waals surface area contributed by atoms with E-state index in [0.717, 1.165) is 0 Å². The van der Waals surface area contributed by atoms with Gasteiger partial charge >= 0.3 is 0 Å². The second-order valence-corrected chi connectivity index (χ2v) is 4.31. The zero-order valence-corrected chi connectivity index (χ0v) is 10.3. The van der Waals surface area contributed by atoms with Crippen molar-refractivity contribution in [3.63, 3.8) is 0 Å². The molecule has 19 heavy (non-hydrogen) atoms. The number of rotatable bonds is 1. The van der Waals surface area contributed by atoms with Crippen LogP contribution in [0.1, 0.15) is 5.56 Å². The molecule has 0 aliphatic rings. The van der Waals surface area contributed by atoms with Gasteiger partial charge in [0.2, 0.25) is 0 Å². The highest BCUT2D eigenvalue weighted by Crippen LogP contribution is 2.25. The molecule has 0 aliphatic heterocycles. The van der Waals surface area contributed by atoms with Crippen molar-refractivity contribution in [3.05, 3.63) is 57.7 Å². The maximum Gasteiger partial charge on any atom is 0.275 e. The van der Waals surface area contributed by atoms with E-state index in [1.807, 2.05) is 12.1 Å². The van der Waals surface area contributed by atoms with Crippen molar-refractivity contribution in [1.29, 1.82) is 5.26 Å². The van der Waals surface area contributed by atoms with E-state index in [0.29, 0.717) is 27.3 Å². The van der Waals surface area contributed by atoms with Crippen molar-refractivity contribution in [2.75, 3.05) is 0 Å². The van der Waals surface area contributed by atoms with Crippen LogP contribution in [0.3, 0.4) is 0 Å². The van der Waals surface area contributed by atoms with E-state index in [1.54, 1.807) is 29.0 Å². The molecule has 0 fully saturated rings. The number of benzene rings is 1. The summed E-state index contributed by atoms with van der Waals surface area (Å²) in [5.74, 6) is 0. The number of H-pyrrole nitrogens is 1. The highest BCUT2D eigenvalue weighted by Gasteiger charge is 2.15. The van der Waals surface area contributed by atoms with Gasteiger partial charge in [0, 0.05) is 6.20 Å². The minimum atomic E-state index is -0.314. The van der Waals surface area contributed by atoms with Gasteiger partial charge in [0.05, 0.1) is 22.6 Å². The largest absolute Gasteiger partial charge is 0.311 e. The fourth-order valence-corrected chi connectivity index (χ4v) is 2.21. The second kappa shape index (κ2) is 4.26. The number of nitrogens with zero attached hydrogens (tertiary/aromatic N) is 3. The number of hydrogen-bond donors (Lipinski definition) is 1. The molecular formula is C13H7ClN4O. The van der Waals surface area contributed by atoms with Gasteiger partial charge in [-0.15, -0.1) is 0 Å². The van der Waals surface area contributed by atoms with Crippen LogP contribution in [0, 0.1) is 11.3 Å². The van der Waals surface area contributed by atoms with Crippen LogP contribution in [0.2, 0.25) is 5.02 Å². The highest BCUT2D eigenvalue weighted by molar-refractivity contribution is 6.32. The van der Waals surface area contributed by atoms with Crippen molar-refractivity contribution < 1.29 is 0 Å². The molecule has 0 saturated carbocycles. The number of aromatic nitrogens is 3. The number of fused-ring (bicyclic) bond motifs is 1. The zero-order chi connectivity index (χ0) is 13.4. The molecule has 2 heterocycles. The maximum atomic E-state index is 11.9. The van der Waals surface area contributed by atoms with E-state index in [-0.39, 0.29) is 5.56 Å². The number of halogens is 1. The standard InChI is InChI=1S/C13H7ClN4O/c14-9-3-1-2-4-10(9)18-6-8(5-15)11-12(18)13(19)17-7-16-11/h1-4,6-7H,(H,16,17,19). The van der Waals surface area contributed by atoms with Gasteiger partial charge in [-0.05, 0) is 12.1 Å². The molecule has 92 valence electrons. The van der Waals surface area contributed by atoms with Crippen molar-refractivity contribution in [2.45, 2.75) is 0 Å². The maximum absolute atomic E-state index is 11.9. The molecule has 2 aromatic heterocycles. The fourth-order valence-electron chi connectivity index (χ4n) is 1.99. The van der Waals surface area contributed by atoms with Gasteiger partial charge in [0.1, 0.15) is 17.1 Å². The van der Waals surface area contributed by atoms with E-state index in [2.05, 4.69) is 9.97 Å². The lowest BCUT2D eigenvalue weighted by Crippen LogP contribution is -2.10. The molecule has 0 spiro atoms. The van der Waals surface area contributed by atoms with Crippen molar-refractivity contribution >= 4 is 22.6 Å². The van der Waals surface area contributed by atoms with E-state index < -0.39 is 0 Å². The molecule has 1 N–H and O–H groups in total. The molecule has 0 radical (unpaired) electrons. The van der Waals surface area contributed by atoms with Crippen LogP contribution in [0.25, 0.3) is 16.7 Å². The van der Waals surface area contributed by atoms with Gasteiger partial charge < -0.3 is 9.55 Å². The van der Waals surface area contributed by atoms with Gasteiger partial charge in [0.25, 0.3) is 5.56 Å². The Labute approximate surface area is 112 Å². The Morgan fingerprint density at radius 2 is 2.16 bits per heavy atom. The normalized spacial score (nSPS) is 10.5. The smallest absolute Gasteiger partial charge is 0.275 e. The first-order chi connectivity index (χ1) is 9.22. The average molecular weight is 271 g/mol. The van der Waals surface area contributed by atoms with E-state index >= 15 is 0 Å². The first kappa shape index (κ1) is 11.5. The van der Waals surface area contributed by atoms with Crippen LogP contribution in [0.15, 0.2) is 41.6 Å². The Hall–Kier alpha value is -2.58. The van der Waals surface area contributed by atoms with Gasteiger partial charge in [-0.1, -0.05) is 23.7 Å². The molecule has 0 bridgehead atoms. The lowest BCUT2D eigenvalue weighted by Gasteiger charge is -2.05. The Morgan fingerprint density at radius 1 is 1.37 bits per heavy atom. The van der Waals surface area contributed by atoms with Crippen LogP contribution in [0.4, 0.5) is 0 Å². The van der Waals surface area contributed by atoms with Crippen molar-refractivity contribution in [1.82, 2.24) is 14.5 Å². The van der Waals surface area contributed by atoms with Gasteiger partial charge in [-0.2, -0.15) is 5.26 Å². The number of aromatic amines is 1. The molecule has 0 atom stereocenters. The summed E-state index contributed by atoms with van der Waals surface area (Å²) in [7, 11) is 0. The number of hydrogen-bond acceptors (Lipinski definition) is 3. The molecule has 5 nitrogen and oxygen atoms in total. The zero-order valence-electron chi connectivity index (χ0n) is 9.59. The summed E-state index contributed by atoms with van der Waals surface area (Å²) < 4.78 is 1.59. The molecule has 0 unspecified atom stereocenters. The predicted octanol–water partition coefficient (Wildman–Crippen LogP) is 2.24. The summed E-state index contributed by atoms with van der Waals surface area (Å²) >= 11 is 6.13. The summed E-state index contributed by atoms with van der Waals surface area (Å²) in [5.41, 5.74) is 1.33. The molecular weight excluding hydrogens is 264 g/mol. The van der Waals surface area contributed by atoms with Gasteiger partial charge in [-0.25, -0.2) is 4.98 Å². The van der Waals surface area contributed by atoms with Crippen LogP contribution in [-0.4, -0.2) is 14.5 Å². The minimum Gasteiger partial charge on any atom is -0.311 e. The topological polar surface area (TPSA) is 74.5 Å². The van der Waals surface area contributed by atoms with Crippen molar-refractivity contribution in [3.8, 4) is 11.8 Å². The van der Waals surface area contributed by atoms with Crippen LogP contribution in [0.5, 0.6) is 0 Å². The molecule has 3 rings (SSSR count). The van der Waals surface area contributed by atoms with Crippen molar-refractivity contribution in [2.24, 2.45) is 0 Å². The van der Waals surface area contributed by atoms with E-state index in [9.17, 15) is 4.79 Å². The van der Waals surface area contributed by atoms with Crippen LogP contribution < -0.4 is 5.56 Å². The lowest BCUT2D eigenvalue weighted by atomic mass is 10.3. The monoisotopic (exact) mass is 270 g/mol. The number of para-hydroxylation sites is 1. The Kier molecular flexibility index (Phi) is 2.58. The molecule has 0 aliphatic carbocycles. The number of nitriles is 1. The summed E-state index contributed by atoms with van der Waals surface area (Å²) in [4.78, 5) is 18.5. The summed E-state index contributed by atoms with van der Waals surface area (Å²) in [6.07, 6.45) is 2.84. The molecule has 3 aromatic rings. The minimum absolute atomic E-state index is 0.312. The average Bonchev–Trinajstić information content (AvgIpc) is 2.79. The van der Waals surface area contributed by atoms with Gasteiger partial charge in [-0.3, -0.25) is 4.79 Å². The summed E-state index contributed by atoms with van der Waals surface area (Å²) in [6, 6.07) is 9.13. The molecule has 0 amide bonds. The third-order valence-electron chi connectivity index (χ3n) is 2.82. The second-order valence-electron chi connectivity index (χ2n) is 3.90. The first-order valence-electron chi connectivity index (χ1n) is 5.46. The Balaban J connectivity index is 2.47. The van der Waals surface area contributed by atoms with E-state index in [1.165, 1.54) is 6.33 Å². The highest BCUT2D eigenvalue weighted by atomic mass is 35.5. The van der Waals surface area contributed by atoms with Gasteiger partial charge in [0.15, 0.2) is 0 Å². The molecule has 0 saturated heterocycles. The summed E-state index contributed by atoms with van der Waals surface area (Å²) in [6.45, 7) is 0. The molecule has 1 aromatic carbocycles. The van der Waals surface area contributed by atoms with E-state index in [4.69, 9.17) is 16.9 Å². The quantitative estimate of drug-likeness (QED) is 0.737. The Morgan fingerprint density at radius 3 is 2.89 bits per heavy atom. The first-order valence-corrected chi connectivity index (χ1v) is 5.84. The third-order valence-corrected chi connectivity index (χ3v) is 3.13. The number of nitrogens with one attached hydrogen (secondary N) is 1. The SMILES string of the molecule is N#Cc1cn(-c2ccccc2Cl)c2c(=O)[nH]cnc12. The molecule has 6 heteroatoms. The predicted molar refractivity (Wildman–Crippen MR) is 71.4 cm³/mol.